The summed E-state index contributed by atoms with van der Waals surface area (Å²) in [7, 11) is 1.28. The molecule has 0 fully saturated rings. The molecule has 0 aliphatic carbocycles. The third-order valence-corrected chi connectivity index (χ3v) is 2.21. The molecule has 1 heterocycles. The first-order valence-electron chi connectivity index (χ1n) is 5.42. The molecule has 0 aromatic carbocycles. The Kier molecular flexibility index (Phi) is 4.84. The Bertz CT molecular complexity index is 396. The van der Waals surface area contributed by atoms with E-state index in [4.69, 9.17) is 0 Å². The molecule has 1 unspecified atom stereocenters. The summed E-state index contributed by atoms with van der Waals surface area (Å²) < 4.78 is 4.55. The van der Waals surface area contributed by atoms with Crippen molar-refractivity contribution >= 4 is 11.8 Å². The van der Waals surface area contributed by atoms with Crippen LogP contribution < -0.4 is 5.32 Å². The van der Waals surface area contributed by atoms with Gasteiger partial charge in [0.25, 0.3) is 0 Å². The van der Waals surface area contributed by atoms with E-state index in [1.807, 2.05) is 6.92 Å². The molecule has 0 aliphatic heterocycles. The van der Waals surface area contributed by atoms with Gasteiger partial charge in [-0.15, -0.1) is 0 Å². The van der Waals surface area contributed by atoms with Gasteiger partial charge in [-0.05, 0) is 13.3 Å². The van der Waals surface area contributed by atoms with E-state index in [1.54, 1.807) is 13.0 Å². The van der Waals surface area contributed by atoms with E-state index in [-0.39, 0.29) is 5.82 Å². The summed E-state index contributed by atoms with van der Waals surface area (Å²) in [6.07, 6.45) is 0.216. The lowest BCUT2D eigenvalue weighted by Crippen LogP contribution is -2.20. The quantitative estimate of drug-likeness (QED) is 0.738. The monoisotopic (exact) mass is 239 g/mol. The molecule has 0 radical (unpaired) electrons. The zero-order valence-corrected chi connectivity index (χ0v) is 10.2. The number of carbonyl (C=O) groups is 1. The van der Waals surface area contributed by atoms with Gasteiger partial charge in [-0.25, -0.2) is 14.8 Å². The maximum atomic E-state index is 11.3. The van der Waals surface area contributed by atoms with Gasteiger partial charge >= 0.3 is 5.97 Å². The fourth-order valence-electron chi connectivity index (χ4n) is 1.21. The predicted molar refractivity (Wildman–Crippen MR) is 62.9 cm³/mol. The SMILES string of the molecule is CCC(O)CNc1cc(C)nc(C(=O)OC)n1. The number of rotatable bonds is 5. The number of aliphatic hydroxyl groups is 1. The summed E-state index contributed by atoms with van der Waals surface area (Å²) in [5, 5.41) is 12.4. The minimum Gasteiger partial charge on any atom is -0.463 e. The Balaban J connectivity index is 2.79. The van der Waals surface area contributed by atoms with E-state index in [0.717, 1.165) is 0 Å². The smallest absolute Gasteiger partial charge is 0.376 e. The van der Waals surface area contributed by atoms with Gasteiger partial charge in [0.05, 0.1) is 13.2 Å². The van der Waals surface area contributed by atoms with E-state index in [9.17, 15) is 9.90 Å². The first kappa shape index (κ1) is 13.4. The van der Waals surface area contributed by atoms with Crippen LogP contribution in [-0.4, -0.2) is 40.8 Å². The average molecular weight is 239 g/mol. The third-order valence-electron chi connectivity index (χ3n) is 2.21. The number of anilines is 1. The lowest BCUT2D eigenvalue weighted by molar-refractivity contribution is 0.0586. The Morgan fingerprint density at radius 1 is 1.59 bits per heavy atom. The molecule has 1 aromatic rings. The molecule has 6 nitrogen and oxygen atoms in total. The van der Waals surface area contributed by atoms with Gasteiger partial charge in [0.15, 0.2) is 0 Å². The highest BCUT2D eigenvalue weighted by atomic mass is 16.5. The zero-order valence-electron chi connectivity index (χ0n) is 10.2. The molecule has 0 amide bonds. The first-order chi connectivity index (χ1) is 8.06. The number of aromatic nitrogens is 2. The van der Waals surface area contributed by atoms with Crippen LogP contribution in [0.15, 0.2) is 6.07 Å². The topological polar surface area (TPSA) is 84.3 Å². The Morgan fingerprint density at radius 3 is 2.88 bits per heavy atom. The minimum atomic E-state index is -0.576. The summed E-state index contributed by atoms with van der Waals surface area (Å²) in [6, 6.07) is 1.70. The van der Waals surface area contributed by atoms with Gasteiger partial charge in [-0.2, -0.15) is 0 Å². The lowest BCUT2D eigenvalue weighted by Gasteiger charge is -2.10. The van der Waals surface area contributed by atoms with Crippen LogP contribution in [-0.2, 0) is 4.74 Å². The fraction of sp³-hybridized carbons (Fsp3) is 0.545. The van der Waals surface area contributed by atoms with Gasteiger partial charge in [0, 0.05) is 18.3 Å². The Morgan fingerprint density at radius 2 is 2.29 bits per heavy atom. The molecule has 0 saturated heterocycles. The van der Waals surface area contributed by atoms with Crippen LogP contribution in [0.4, 0.5) is 5.82 Å². The number of carbonyl (C=O) groups excluding carboxylic acids is 1. The van der Waals surface area contributed by atoms with Gasteiger partial charge in [-0.3, -0.25) is 0 Å². The number of hydrogen-bond donors (Lipinski definition) is 2. The fourth-order valence-corrected chi connectivity index (χ4v) is 1.21. The maximum Gasteiger partial charge on any atom is 0.376 e. The van der Waals surface area contributed by atoms with Gasteiger partial charge in [0.1, 0.15) is 5.82 Å². The van der Waals surface area contributed by atoms with Gasteiger partial charge in [0.2, 0.25) is 5.82 Å². The standard InChI is InChI=1S/C11H17N3O3/c1-4-8(15)6-12-9-5-7(2)13-10(14-9)11(16)17-3/h5,8,15H,4,6H2,1-3H3,(H,12,13,14). The lowest BCUT2D eigenvalue weighted by atomic mass is 10.3. The number of ether oxygens (including phenoxy) is 1. The minimum absolute atomic E-state index is 0.0148. The van der Waals surface area contributed by atoms with Crippen molar-refractivity contribution in [2.75, 3.05) is 19.0 Å². The molecule has 0 bridgehead atoms. The number of nitrogens with one attached hydrogen (secondary N) is 1. The normalized spacial score (nSPS) is 12.0. The molecule has 6 heteroatoms. The summed E-state index contributed by atoms with van der Waals surface area (Å²) in [4.78, 5) is 19.3. The molecule has 1 atom stereocenters. The summed E-state index contributed by atoms with van der Waals surface area (Å²) in [5.74, 6) is -0.0563. The maximum absolute atomic E-state index is 11.3. The summed E-state index contributed by atoms with van der Waals surface area (Å²) in [5.41, 5.74) is 0.661. The highest BCUT2D eigenvalue weighted by Gasteiger charge is 2.11. The number of hydrogen-bond acceptors (Lipinski definition) is 6. The van der Waals surface area contributed by atoms with E-state index in [1.165, 1.54) is 7.11 Å². The summed E-state index contributed by atoms with van der Waals surface area (Å²) in [6.45, 7) is 4.03. The van der Waals surface area contributed by atoms with Crippen LogP contribution in [0.25, 0.3) is 0 Å². The van der Waals surface area contributed by atoms with Crippen molar-refractivity contribution in [3.63, 3.8) is 0 Å². The molecular formula is C11H17N3O3. The molecule has 0 aliphatic rings. The van der Waals surface area contributed by atoms with Crippen LogP contribution in [0.1, 0.15) is 29.7 Å². The van der Waals surface area contributed by atoms with Crippen molar-refractivity contribution in [2.24, 2.45) is 0 Å². The van der Waals surface area contributed by atoms with Crippen LogP contribution >= 0.6 is 0 Å². The first-order valence-corrected chi connectivity index (χ1v) is 5.42. The third kappa shape index (κ3) is 3.99. The van der Waals surface area contributed by atoms with Crippen LogP contribution in [0.3, 0.4) is 0 Å². The van der Waals surface area contributed by atoms with Crippen molar-refractivity contribution in [1.29, 1.82) is 0 Å². The molecule has 2 N–H and O–H groups in total. The molecule has 1 rings (SSSR count). The predicted octanol–water partition coefficient (Wildman–Crippen LogP) is 0.754. The van der Waals surface area contributed by atoms with Crippen molar-refractivity contribution in [3.05, 3.63) is 17.6 Å². The summed E-state index contributed by atoms with van der Waals surface area (Å²) >= 11 is 0. The molecule has 17 heavy (non-hydrogen) atoms. The molecular weight excluding hydrogens is 222 g/mol. The van der Waals surface area contributed by atoms with Crippen LogP contribution in [0, 0.1) is 6.92 Å². The van der Waals surface area contributed by atoms with Crippen molar-refractivity contribution in [3.8, 4) is 0 Å². The molecule has 1 aromatic heterocycles. The zero-order chi connectivity index (χ0) is 12.8. The highest BCUT2D eigenvalue weighted by Crippen LogP contribution is 2.07. The second-order valence-electron chi connectivity index (χ2n) is 3.65. The number of nitrogens with zero attached hydrogens (tertiary/aromatic N) is 2. The average Bonchev–Trinajstić information content (AvgIpc) is 2.34. The number of methoxy groups -OCH3 is 1. The van der Waals surface area contributed by atoms with Crippen LogP contribution in [0.2, 0.25) is 0 Å². The number of aryl methyl sites for hydroxylation is 1. The van der Waals surface area contributed by atoms with E-state index in [0.29, 0.717) is 24.5 Å². The van der Waals surface area contributed by atoms with Gasteiger partial charge < -0.3 is 15.2 Å². The second kappa shape index (κ2) is 6.15. The van der Waals surface area contributed by atoms with Crippen molar-refractivity contribution < 1.29 is 14.6 Å². The van der Waals surface area contributed by atoms with Crippen LogP contribution in [0.5, 0.6) is 0 Å². The molecule has 94 valence electrons. The number of esters is 1. The second-order valence-corrected chi connectivity index (χ2v) is 3.65. The van der Waals surface area contributed by atoms with E-state index in [2.05, 4.69) is 20.0 Å². The largest absolute Gasteiger partial charge is 0.463 e. The number of aliphatic hydroxyl groups excluding tert-OH is 1. The van der Waals surface area contributed by atoms with Crippen molar-refractivity contribution in [2.45, 2.75) is 26.4 Å². The Labute approximate surface area is 100 Å². The molecule has 0 spiro atoms. The van der Waals surface area contributed by atoms with Gasteiger partial charge in [-0.1, -0.05) is 6.92 Å². The highest BCUT2D eigenvalue weighted by molar-refractivity contribution is 5.85. The Hall–Kier alpha value is -1.69. The van der Waals surface area contributed by atoms with E-state index >= 15 is 0 Å². The van der Waals surface area contributed by atoms with Crippen molar-refractivity contribution in [1.82, 2.24) is 9.97 Å². The molecule has 0 saturated carbocycles. The van der Waals surface area contributed by atoms with E-state index < -0.39 is 12.1 Å².